The van der Waals surface area contributed by atoms with Crippen molar-refractivity contribution < 1.29 is 4.74 Å². The minimum atomic E-state index is 0.220. The molecule has 0 bridgehead atoms. The number of hydrogen-bond acceptors (Lipinski definition) is 2. The summed E-state index contributed by atoms with van der Waals surface area (Å²) < 4.78 is 5.86. The van der Waals surface area contributed by atoms with Crippen molar-refractivity contribution in [3.8, 4) is 0 Å². The zero-order valence-electron chi connectivity index (χ0n) is 10.3. The second-order valence-electron chi connectivity index (χ2n) is 4.60. The molecule has 1 aromatic rings. The average Bonchev–Trinajstić information content (AvgIpc) is 2.36. The van der Waals surface area contributed by atoms with E-state index in [1.165, 1.54) is 11.1 Å². The van der Waals surface area contributed by atoms with E-state index in [0.717, 1.165) is 31.3 Å². The van der Waals surface area contributed by atoms with Crippen LogP contribution in [0.4, 0.5) is 0 Å². The fourth-order valence-corrected chi connectivity index (χ4v) is 2.91. The Morgan fingerprint density at radius 2 is 2.29 bits per heavy atom. The number of alkyl halides is 1. The molecule has 2 rings (SSSR count). The third-order valence-electron chi connectivity index (χ3n) is 3.29. The molecule has 2 nitrogen and oxygen atoms in total. The first-order valence-corrected chi connectivity index (χ1v) is 7.42. The molecule has 0 saturated carbocycles. The fraction of sp³-hybridized carbons (Fsp3) is 0.571. The molecule has 0 radical (unpaired) electrons. The van der Waals surface area contributed by atoms with E-state index in [2.05, 4.69) is 52.4 Å². The zero-order chi connectivity index (χ0) is 12.1. The Morgan fingerprint density at radius 1 is 1.47 bits per heavy atom. The van der Waals surface area contributed by atoms with Gasteiger partial charge in [-0.25, -0.2) is 0 Å². The third-order valence-corrected chi connectivity index (χ3v) is 3.74. The van der Waals surface area contributed by atoms with Crippen molar-refractivity contribution in [1.82, 2.24) is 5.32 Å². The minimum absolute atomic E-state index is 0.220. The summed E-state index contributed by atoms with van der Waals surface area (Å²) in [6, 6.07) is 9.15. The van der Waals surface area contributed by atoms with E-state index in [1.807, 2.05) is 0 Å². The minimum Gasteiger partial charge on any atom is -0.372 e. The van der Waals surface area contributed by atoms with Crippen molar-refractivity contribution in [2.75, 3.05) is 18.5 Å². The van der Waals surface area contributed by atoms with Crippen LogP contribution in [0.1, 0.15) is 30.6 Å². The Hall–Kier alpha value is -0.380. The molecule has 1 aliphatic rings. The van der Waals surface area contributed by atoms with Gasteiger partial charge < -0.3 is 10.1 Å². The Bertz CT molecular complexity index is 356. The lowest BCUT2D eigenvalue weighted by Crippen LogP contribution is -2.33. The van der Waals surface area contributed by atoms with Gasteiger partial charge in [-0.1, -0.05) is 40.2 Å². The highest BCUT2D eigenvalue weighted by Crippen LogP contribution is 2.26. The standard InChI is InChI=1S/C14H20BrNO/c1-11(6-8-15)16-10-14-13-5-3-2-4-12(13)7-9-17-14/h2-5,11,14,16H,6-10H2,1H3. The van der Waals surface area contributed by atoms with Gasteiger partial charge in [0.25, 0.3) is 0 Å². The highest BCUT2D eigenvalue weighted by molar-refractivity contribution is 9.09. The second kappa shape index (κ2) is 6.53. The van der Waals surface area contributed by atoms with Crippen molar-refractivity contribution in [2.45, 2.75) is 31.9 Å². The van der Waals surface area contributed by atoms with Crippen LogP contribution in [0.25, 0.3) is 0 Å². The van der Waals surface area contributed by atoms with Crippen LogP contribution in [0, 0.1) is 0 Å². The first kappa shape index (κ1) is 13.1. The second-order valence-corrected chi connectivity index (χ2v) is 5.39. The Kier molecular flexibility index (Phi) is 5.01. The first-order chi connectivity index (χ1) is 8.31. The quantitative estimate of drug-likeness (QED) is 0.844. The van der Waals surface area contributed by atoms with Crippen molar-refractivity contribution in [3.63, 3.8) is 0 Å². The molecule has 0 aliphatic carbocycles. The zero-order valence-corrected chi connectivity index (χ0v) is 11.9. The van der Waals surface area contributed by atoms with Gasteiger partial charge in [0.05, 0.1) is 12.7 Å². The number of fused-ring (bicyclic) bond motifs is 1. The van der Waals surface area contributed by atoms with Crippen LogP contribution >= 0.6 is 15.9 Å². The van der Waals surface area contributed by atoms with Crippen LogP contribution in [-0.4, -0.2) is 24.5 Å². The monoisotopic (exact) mass is 297 g/mol. The first-order valence-electron chi connectivity index (χ1n) is 6.30. The summed E-state index contributed by atoms with van der Waals surface area (Å²) in [6.45, 7) is 3.97. The maximum Gasteiger partial charge on any atom is 0.0952 e. The van der Waals surface area contributed by atoms with Gasteiger partial charge in [-0.05, 0) is 30.9 Å². The normalized spacial score (nSPS) is 20.9. The fourth-order valence-electron chi connectivity index (χ4n) is 2.22. The average molecular weight is 298 g/mol. The molecule has 2 atom stereocenters. The molecular weight excluding hydrogens is 278 g/mol. The molecular formula is C14H20BrNO. The summed E-state index contributed by atoms with van der Waals surface area (Å²) in [5.41, 5.74) is 2.80. The van der Waals surface area contributed by atoms with Gasteiger partial charge in [-0.15, -0.1) is 0 Å². The van der Waals surface area contributed by atoms with Crippen LogP contribution in [0.2, 0.25) is 0 Å². The molecule has 0 saturated heterocycles. The number of nitrogens with one attached hydrogen (secondary N) is 1. The van der Waals surface area contributed by atoms with Gasteiger partial charge in [-0.3, -0.25) is 0 Å². The topological polar surface area (TPSA) is 21.3 Å². The van der Waals surface area contributed by atoms with Gasteiger partial charge in [0.15, 0.2) is 0 Å². The van der Waals surface area contributed by atoms with Crippen molar-refractivity contribution in [1.29, 1.82) is 0 Å². The number of benzene rings is 1. The predicted molar refractivity (Wildman–Crippen MR) is 74.7 cm³/mol. The van der Waals surface area contributed by atoms with E-state index in [4.69, 9.17) is 4.74 Å². The van der Waals surface area contributed by atoms with Gasteiger partial charge in [0.1, 0.15) is 0 Å². The molecule has 1 aliphatic heterocycles. The number of hydrogen-bond donors (Lipinski definition) is 1. The van der Waals surface area contributed by atoms with Gasteiger partial charge in [0, 0.05) is 17.9 Å². The maximum absolute atomic E-state index is 5.86. The molecule has 0 fully saturated rings. The summed E-state index contributed by atoms with van der Waals surface area (Å²) in [7, 11) is 0. The molecule has 94 valence electrons. The van der Waals surface area contributed by atoms with Crippen LogP contribution in [0.5, 0.6) is 0 Å². The van der Waals surface area contributed by atoms with E-state index in [1.54, 1.807) is 0 Å². The molecule has 1 aromatic carbocycles. The van der Waals surface area contributed by atoms with Gasteiger partial charge >= 0.3 is 0 Å². The lowest BCUT2D eigenvalue weighted by molar-refractivity contribution is 0.0409. The summed E-state index contributed by atoms with van der Waals surface area (Å²) in [6.07, 6.45) is 2.41. The lowest BCUT2D eigenvalue weighted by atomic mass is 9.97. The number of halogens is 1. The van der Waals surface area contributed by atoms with Crippen LogP contribution < -0.4 is 5.32 Å². The maximum atomic E-state index is 5.86. The molecule has 1 heterocycles. The van der Waals surface area contributed by atoms with Gasteiger partial charge in [-0.2, -0.15) is 0 Å². The Balaban J connectivity index is 1.94. The van der Waals surface area contributed by atoms with E-state index in [0.29, 0.717) is 6.04 Å². The van der Waals surface area contributed by atoms with Crippen LogP contribution in [0.3, 0.4) is 0 Å². The summed E-state index contributed by atoms with van der Waals surface area (Å²) in [5, 5.41) is 4.58. The van der Waals surface area contributed by atoms with E-state index < -0.39 is 0 Å². The van der Waals surface area contributed by atoms with Crippen molar-refractivity contribution >= 4 is 15.9 Å². The molecule has 1 N–H and O–H groups in total. The largest absolute Gasteiger partial charge is 0.372 e. The summed E-state index contributed by atoms with van der Waals surface area (Å²) >= 11 is 3.47. The van der Waals surface area contributed by atoms with Crippen molar-refractivity contribution in [2.24, 2.45) is 0 Å². The van der Waals surface area contributed by atoms with E-state index in [9.17, 15) is 0 Å². The Labute approximate surface area is 112 Å². The van der Waals surface area contributed by atoms with E-state index in [-0.39, 0.29) is 6.10 Å². The number of rotatable bonds is 5. The molecule has 0 amide bonds. The van der Waals surface area contributed by atoms with Crippen LogP contribution in [0.15, 0.2) is 24.3 Å². The van der Waals surface area contributed by atoms with Crippen LogP contribution in [-0.2, 0) is 11.2 Å². The third kappa shape index (κ3) is 3.54. The van der Waals surface area contributed by atoms with Gasteiger partial charge in [0.2, 0.25) is 0 Å². The number of ether oxygens (including phenoxy) is 1. The summed E-state index contributed by atoms with van der Waals surface area (Å²) in [5.74, 6) is 0. The molecule has 3 heteroatoms. The summed E-state index contributed by atoms with van der Waals surface area (Å²) in [4.78, 5) is 0. The highest BCUT2D eigenvalue weighted by Gasteiger charge is 2.20. The Morgan fingerprint density at radius 3 is 3.12 bits per heavy atom. The smallest absolute Gasteiger partial charge is 0.0952 e. The molecule has 0 aromatic heterocycles. The molecule has 17 heavy (non-hydrogen) atoms. The molecule has 2 unspecified atom stereocenters. The molecule has 0 spiro atoms. The van der Waals surface area contributed by atoms with E-state index >= 15 is 0 Å². The lowest BCUT2D eigenvalue weighted by Gasteiger charge is -2.27. The van der Waals surface area contributed by atoms with Crippen molar-refractivity contribution in [3.05, 3.63) is 35.4 Å². The predicted octanol–water partition coefficient (Wildman–Crippen LogP) is 3.06. The highest BCUT2D eigenvalue weighted by atomic mass is 79.9. The SMILES string of the molecule is CC(CCBr)NCC1OCCc2ccccc21.